The standard InChI is InChI=1S/C21H23N3O3S/c1-3-9-17(15-10-5-4-6-11-15)22-19(25)14-28-21-24-23-20(27-21)16-12-7-8-13-18(16)26-2/h4-8,10-13,17H,3,9,14H2,1-2H3,(H,22,25). The lowest BCUT2D eigenvalue weighted by Crippen LogP contribution is -2.29. The fraction of sp³-hybridized carbons (Fsp3) is 0.286. The molecule has 146 valence electrons. The largest absolute Gasteiger partial charge is 0.496 e. The molecular weight excluding hydrogens is 374 g/mol. The van der Waals surface area contributed by atoms with Gasteiger partial charge in [-0.3, -0.25) is 4.79 Å². The van der Waals surface area contributed by atoms with E-state index < -0.39 is 0 Å². The van der Waals surface area contributed by atoms with E-state index >= 15 is 0 Å². The van der Waals surface area contributed by atoms with Crippen LogP contribution < -0.4 is 10.1 Å². The van der Waals surface area contributed by atoms with Crippen molar-refractivity contribution in [3.63, 3.8) is 0 Å². The van der Waals surface area contributed by atoms with E-state index in [1.54, 1.807) is 7.11 Å². The van der Waals surface area contributed by atoms with Crippen LogP contribution in [0.25, 0.3) is 11.5 Å². The van der Waals surface area contributed by atoms with E-state index in [0.29, 0.717) is 16.9 Å². The zero-order valence-corrected chi connectivity index (χ0v) is 16.7. The van der Waals surface area contributed by atoms with Gasteiger partial charge in [-0.05, 0) is 24.1 Å². The number of methoxy groups -OCH3 is 1. The maximum atomic E-state index is 12.4. The summed E-state index contributed by atoms with van der Waals surface area (Å²) < 4.78 is 11.0. The summed E-state index contributed by atoms with van der Waals surface area (Å²) >= 11 is 1.22. The third-order valence-electron chi connectivity index (χ3n) is 4.19. The van der Waals surface area contributed by atoms with Gasteiger partial charge in [-0.25, -0.2) is 0 Å². The van der Waals surface area contributed by atoms with Gasteiger partial charge >= 0.3 is 0 Å². The molecule has 1 atom stereocenters. The second-order valence-electron chi connectivity index (χ2n) is 6.18. The second-order valence-corrected chi connectivity index (χ2v) is 7.11. The Morgan fingerprint density at radius 1 is 1.14 bits per heavy atom. The highest BCUT2D eigenvalue weighted by molar-refractivity contribution is 7.99. The molecule has 0 radical (unpaired) electrons. The first-order valence-electron chi connectivity index (χ1n) is 9.15. The summed E-state index contributed by atoms with van der Waals surface area (Å²) in [5.41, 5.74) is 1.83. The Labute approximate surface area is 168 Å². The van der Waals surface area contributed by atoms with Crippen LogP contribution in [-0.4, -0.2) is 29.0 Å². The van der Waals surface area contributed by atoms with Crippen LogP contribution in [0, 0.1) is 0 Å². The van der Waals surface area contributed by atoms with E-state index in [1.165, 1.54) is 11.8 Å². The minimum Gasteiger partial charge on any atom is -0.496 e. The molecule has 7 heteroatoms. The summed E-state index contributed by atoms with van der Waals surface area (Å²) in [6.07, 6.45) is 1.87. The summed E-state index contributed by atoms with van der Waals surface area (Å²) in [6, 6.07) is 17.4. The maximum Gasteiger partial charge on any atom is 0.277 e. The molecule has 0 aliphatic carbocycles. The van der Waals surface area contributed by atoms with Crippen molar-refractivity contribution in [1.29, 1.82) is 0 Å². The number of ether oxygens (including phenoxy) is 1. The van der Waals surface area contributed by atoms with Crippen LogP contribution in [0.15, 0.2) is 64.2 Å². The molecule has 0 saturated carbocycles. The maximum absolute atomic E-state index is 12.4. The van der Waals surface area contributed by atoms with Crippen LogP contribution >= 0.6 is 11.8 Å². The molecule has 0 bridgehead atoms. The number of carbonyl (C=O) groups excluding carboxylic acids is 1. The van der Waals surface area contributed by atoms with E-state index in [2.05, 4.69) is 22.4 Å². The number of nitrogens with one attached hydrogen (secondary N) is 1. The minimum atomic E-state index is -0.0654. The van der Waals surface area contributed by atoms with Crippen molar-refractivity contribution in [1.82, 2.24) is 15.5 Å². The Hall–Kier alpha value is -2.80. The summed E-state index contributed by atoms with van der Waals surface area (Å²) in [5.74, 6) is 1.17. The molecule has 0 fully saturated rings. The van der Waals surface area contributed by atoms with Crippen LogP contribution in [0.5, 0.6) is 5.75 Å². The Bertz CT molecular complexity index is 899. The number of carbonyl (C=O) groups is 1. The number of nitrogens with zero attached hydrogens (tertiary/aromatic N) is 2. The average molecular weight is 398 g/mol. The first-order chi connectivity index (χ1) is 13.7. The highest BCUT2D eigenvalue weighted by Gasteiger charge is 2.17. The van der Waals surface area contributed by atoms with E-state index in [-0.39, 0.29) is 17.7 Å². The molecule has 0 spiro atoms. The molecule has 1 amide bonds. The van der Waals surface area contributed by atoms with Crippen LogP contribution in [-0.2, 0) is 4.79 Å². The number of amides is 1. The molecular formula is C21H23N3O3S. The fourth-order valence-corrected chi connectivity index (χ4v) is 3.43. The lowest BCUT2D eigenvalue weighted by atomic mass is 10.0. The van der Waals surface area contributed by atoms with E-state index in [1.807, 2.05) is 54.6 Å². The zero-order valence-electron chi connectivity index (χ0n) is 15.9. The molecule has 1 aromatic heterocycles. The summed E-state index contributed by atoms with van der Waals surface area (Å²) in [7, 11) is 1.59. The van der Waals surface area contributed by atoms with Crippen molar-refractivity contribution in [2.24, 2.45) is 0 Å². The molecule has 1 heterocycles. The van der Waals surface area contributed by atoms with Crippen molar-refractivity contribution in [2.75, 3.05) is 12.9 Å². The molecule has 28 heavy (non-hydrogen) atoms. The molecule has 0 aliphatic heterocycles. The van der Waals surface area contributed by atoms with Crippen molar-refractivity contribution < 1.29 is 13.9 Å². The van der Waals surface area contributed by atoms with E-state index in [9.17, 15) is 4.79 Å². The number of benzene rings is 2. The first-order valence-corrected chi connectivity index (χ1v) is 10.1. The van der Waals surface area contributed by atoms with Gasteiger partial charge in [-0.1, -0.05) is 67.6 Å². The Morgan fingerprint density at radius 2 is 1.89 bits per heavy atom. The Kier molecular flexibility index (Phi) is 7.08. The number of rotatable bonds is 9. The fourth-order valence-electron chi connectivity index (χ4n) is 2.86. The number of para-hydroxylation sites is 1. The highest BCUT2D eigenvalue weighted by Crippen LogP contribution is 2.30. The highest BCUT2D eigenvalue weighted by atomic mass is 32.2. The molecule has 0 aliphatic rings. The minimum absolute atomic E-state index is 0.00567. The predicted octanol–water partition coefficient (Wildman–Crippen LogP) is 4.49. The van der Waals surface area contributed by atoms with Gasteiger partial charge in [0.15, 0.2) is 0 Å². The average Bonchev–Trinajstić information content (AvgIpc) is 3.21. The summed E-state index contributed by atoms with van der Waals surface area (Å²) in [6.45, 7) is 2.11. The number of aromatic nitrogens is 2. The lowest BCUT2D eigenvalue weighted by Gasteiger charge is -2.18. The SMILES string of the molecule is CCCC(NC(=O)CSc1nnc(-c2ccccc2OC)o1)c1ccccc1. The van der Waals surface area contributed by atoms with Gasteiger partial charge in [0.05, 0.1) is 24.5 Å². The van der Waals surface area contributed by atoms with Gasteiger partial charge in [-0.15, -0.1) is 10.2 Å². The molecule has 3 aromatic rings. The Morgan fingerprint density at radius 3 is 2.64 bits per heavy atom. The molecule has 1 N–H and O–H groups in total. The molecule has 1 unspecified atom stereocenters. The molecule has 6 nitrogen and oxygen atoms in total. The van der Waals surface area contributed by atoms with E-state index in [4.69, 9.17) is 9.15 Å². The van der Waals surface area contributed by atoms with Gasteiger partial charge in [0, 0.05) is 0 Å². The number of hydrogen-bond donors (Lipinski definition) is 1. The van der Waals surface area contributed by atoms with Crippen molar-refractivity contribution in [3.8, 4) is 17.2 Å². The lowest BCUT2D eigenvalue weighted by molar-refractivity contribution is -0.119. The van der Waals surface area contributed by atoms with Crippen LogP contribution in [0.4, 0.5) is 0 Å². The normalized spacial score (nSPS) is 11.8. The third kappa shape index (κ3) is 5.13. The van der Waals surface area contributed by atoms with Crippen LogP contribution in [0.2, 0.25) is 0 Å². The third-order valence-corrected chi connectivity index (χ3v) is 5.00. The monoisotopic (exact) mass is 397 g/mol. The predicted molar refractivity (Wildman–Crippen MR) is 109 cm³/mol. The number of hydrogen-bond acceptors (Lipinski definition) is 6. The van der Waals surface area contributed by atoms with Gasteiger partial charge in [0.1, 0.15) is 5.75 Å². The van der Waals surface area contributed by atoms with Crippen LogP contribution in [0.3, 0.4) is 0 Å². The van der Waals surface area contributed by atoms with Crippen molar-refractivity contribution in [3.05, 3.63) is 60.2 Å². The molecule has 0 saturated heterocycles. The summed E-state index contributed by atoms with van der Waals surface area (Å²) in [4.78, 5) is 12.4. The van der Waals surface area contributed by atoms with E-state index in [0.717, 1.165) is 24.0 Å². The van der Waals surface area contributed by atoms with Gasteiger partial charge in [0.2, 0.25) is 5.91 Å². The van der Waals surface area contributed by atoms with Crippen molar-refractivity contribution >= 4 is 17.7 Å². The topological polar surface area (TPSA) is 77.2 Å². The molecule has 2 aromatic carbocycles. The van der Waals surface area contributed by atoms with Gasteiger partial charge < -0.3 is 14.5 Å². The Balaban J connectivity index is 1.59. The molecule has 3 rings (SSSR count). The zero-order chi connectivity index (χ0) is 19.8. The van der Waals surface area contributed by atoms with Gasteiger partial charge in [0.25, 0.3) is 11.1 Å². The summed E-state index contributed by atoms with van der Waals surface area (Å²) in [5, 5.41) is 11.5. The van der Waals surface area contributed by atoms with Crippen LogP contribution in [0.1, 0.15) is 31.4 Å². The second kappa shape index (κ2) is 9.94. The smallest absolute Gasteiger partial charge is 0.277 e. The van der Waals surface area contributed by atoms with Crippen molar-refractivity contribution in [2.45, 2.75) is 31.0 Å². The number of thioether (sulfide) groups is 1. The van der Waals surface area contributed by atoms with Gasteiger partial charge in [-0.2, -0.15) is 0 Å². The quantitative estimate of drug-likeness (QED) is 0.536. The first kappa shape index (κ1) is 19.9.